The summed E-state index contributed by atoms with van der Waals surface area (Å²) < 4.78 is 17.2. The highest BCUT2D eigenvalue weighted by Crippen LogP contribution is 2.28. The number of nitrogens with one attached hydrogen (secondary N) is 2. The molecular formula is C26H32ClN3O6. The smallest absolute Gasteiger partial charge is 0.322 e. The second-order valence-electron chi connectivity index (χ2n) is 9.01. The van der Waals surface area contributed by atoms with E-state index >= 15 is 0 Å². The molecule has 0 aromatic heterocycles. The zero-order valence-corrected chi connectivity index (χ0v) is 20.9. The fourth-order valence-electron chi connectivity index (χ4n) is 4.62. The van der Waals surface area contributed by atoms with Gasteiger partial charge in [-0.2, -0.15) is 0 Å². The van der Waals surface area contributed by atoms with Gasteiger partial charge >= 0.3 is 6.03 Å². The molecule has 10 heteroatoms. The highest BCUT2D eigenvalue weighted by atomic mass is 35.5. The molecule has 3 N–H and O–H groups in total. The van der Waals surface area contributed by atoms with Gasteiger partial charge in [0.1, 0.15) is 11.9 Å². The Morgan fingerprint density at radius 2 is 1.92 bits per heavy atom. The Bertz CT molecular complexity index is 1040. The summed E-state index contributed by atoms with van der Waals surface area (Å²) in [7, 11) is 1.60. The number of aliphatic hydroxyl groups excluding tert-OH is 1. The van der Waals surface area contributed by atoms with Gasteiger partial charge in [-0.25, -0.2) is 4.79 Å². The van der Waals surface area contributed by atoms with E-state index in [2.05, 4.69) is 10.6 Å². The first-order valence-electron chi connectivity index (χ1n) is 12.1. The third-order valence-corrected chi connectivity index (χ3v) is 6.67. The van der Waals surface area contributed by atoms with Gasteiger partial charge in [0.15, 0.2) is 0 Å². The van der Waals surface area contributed by atoms with Crippen molar-refractivity contribution < 1.29 is 28.9 Å². The van der Waals surface area contributed by atoms with Crippen molar-refractivity contribution in [2.45, 2.75) is 50.2 Å². The molecule has 3 amide bonds. The predicted molar refractivity (Wildman–Crippen MR) is 135 cm³/mol. The maximum atomic E-state index is 13.1. The SMILES string of the molecule is COc1ccccc1CNC(=O)C[C@H]1CC[C@H]2[C@@H](COC[C@H](O)CN2C(=O)Nc2ccc(Cl)cc2)O1. The number of nitrogens with zero attached hydrogens (tertiary/aromatic N) is 1. The fraction of sp³-hybridized carbons (Fsp3) is 0.462. The zero-order valence-electron chi connectivity index (χ0n) is 20.2. The Hall–Kier alpha value is -2.85. The van der Waals surface area contributed by atoms with E-state index in [-0.39, 0.29) is 50.3 Å². The highest BCUT2D eigenvalue weighted by Gasteiger charge is 2.40. The van der Waals surface area contributed by atoms with E-state index < -0.39 is 12.2 Å². The number of hydrogen-bond donors (Lipinski definition) is 3. The molecule has 2 aliphatic rings. The van der Waals surface area contributed by atoms with Gasteiger partial charge in [-0.05, 0) is 43.2 Å². The molecule has 0 spiro atoms. The first-order valence-corrected chi connectivity index (χ1v) is 12.4. The lowest BCUT2D eigenvalue weighted by molar-refractivity contribution is -0.149. The number of methoxy groups -OCH3 is 1. The van der Waals surface area contributed by atoms with Crippen molar-refractivity contribution in [1.82, 2.24) is 10.2 Å². The van der Waals surface area contributed by atoms with Crippen LogP contribution in [0.1, 0.15) is 24.8 Å². The predicted octanol–water partition coefficient (Wildman–Crippen LogP) is 3.20. The van der Waals surface area contributed by atoms with Gasteiger partial charge in [-0.1, -0.05) is 29.8 Å². The number of benzene rings is 2. The van der Waals surface area contributed by atoms with Gasteiger partial charge < -0.3 is 34.9 Å². The largest absolute Gasteiger partial charge is 0.496 e. The molecule has 2 aromatic carbocycles. The van der Waals surface area contributed by atoms with Crippen molar-refractivity contribution in [2.24, 2.45) is 0 Å². The molecule has 4 rings (SSSR count). The van der Waals surface area contributed by atoms with Crippen LogP contribution in [0.4, 0.5) is 10.5 Å². The molecule has 2 fully saturated rings. The van der Waals surface area contributed by atoms with E-state index in [9.17, 15) is 14.7 Å². The number of β-amino-alcohol motifs (C(OH)–C–C–N with tert-alkyl or cyclic N) is 1. The van der Waals surface area contributed by atoms with Crippen molar-refractivity contribution in [2.75, 3.05) is 32.2 Å². The molecule has 2 aliphatic heterocycles. The average Bonchev–Trinajstić information content (AvgIpc) is 2.87. The number of para-hydroxylation sites is 1. The minimum atomic E-state index is -0.805. The molecule has 4 atom stereocenters. The lowest BCUT2D eigenvalue weighted by Gasteiger charge is -2.44. The van der Waals surface area contributed by atoms with Gasteiger partial charge in [-0.3, -0.25) is 4.79 Å². The van der Waals surface area contributed by atoms with Crippen LogP contribution >= 0.6 is 11.6 Å². The van der Waals surface area contributed by atoms with Crippen LogP contribution in [-0.4, -0.2) is 73.2 Å². The van der Waals surface area contributed by atoms with Crippen LogP contribution in [0.25, 0.3) is 0 Å². The number of fused-ring (bicyclic) bond motifs is 1. The Labute approximate surface area is 215 Å². The van der Waals surface area contributed by atoms with Crippen molar-refractivity contribution in [1.29, 1.82) is 0 Å². The molecule has 0 saturated carbocycles. The van der Waals surface area contributed by atoms with Crippen LogP contribution < -0.4 is 15.4 Å². The minimum absolute atomic E-state index is 0.0986. The summed E-state index contributed by atoms with van der Waals surface area (Å²) in [5.74, 6) is 0.601. The summed E-state index contributed by atoms with van der Waals surface area (Å²) in [6, 6.07) is 13.8. The molecule has 2 saturated heterocycles. The number of anilines is 1. The molecule has 0 radical (unpaired) electrons. The van der Waals surface area contributed by atoms with E-state index in [0.29, 0.717) is 30.1 Å². The summed E-state index contributed by atoms with van der Waals surface area (Å²) in [5, 5.41) is 16.7. The summed E-state index contributed by atoms with van der Waals surface area (Å²) >= 11 is 5.94. The minimum Gasteiger partial charge on any atom is -0.496 e. The van der Waals surface area contributed by atoms with Crippen LogP contribution in [0.2, 0.25) is 5.02 Å². The van der Waals surface area contributed by atoms with E-state index in [0.717, 1.165) is 11.3 Å². The molecule has 0 aliphatic carbocycles. The van der Waals surface area contributed by atoms with Gasteiger partial charge in [0.25, 0.3) is 0 Å². The van der Waals surface area contributed by atoms with Crippen LogP contribution in [0.3, 0.4) is 0 Å². The maximum Gasteiger partial charge on any atom is 0.322 e. The quantitative estimate of drug-likeness (QED) is 0.543. The molecule has 2 heterocycles. The van der Waals surface area contributed by atoms with Crippen LogP contribution in [0, 0.1) is 0 Å². The molecule has 36 heavy (non-hydrogen) atoms. The van der Waals surface area contributed by atoms with Gasteiger partial charge in [0.2, 0.25) is 5.91 Å². The number of ether oxygens (including phenoxy) is 3. The molecule has 0 bridgehead atoms. The number of amides is 3. The van der Waals surface area contributed by atoms with Crippen molar-refractivity contribution >= 4 is 29.2 Å². The van der Waals surface area contributed by atoms with Gasteiger partial charge in [-0.15, -0.1) is 0 Å². The number of halogens is 1. The number of hydrogen-bond acceptors (Lipinski definition) is 6. The first-order chi connectivity index (χ1) is 17.4. The third kappa shape index (κ3) is 6.88. The van der Waals surface area contributed by atoms with Crippen LogP contribution in [0.5, 0.6) is 5.75 Å². The van der Waals surface area contributed by atoms with E-state index in [1.807, 2.05) is 24.3 Å². The molecular weight excluding hydrogens is 486 g/mol. The van der Waals surface area contributed by atoms with E-state index in [1.54, 1.807) is 36.3 Å². The Morgan fingerprint density at radius 3 is 2.69 bits per heavy atom. The average molecular weight is 518 g/mol. The topological polar surface area (TPSA) is 109 Å². The zero-order chi connectivity index (χ0) is 25.5. The van der Waals surface area contributed by atoms with Crippen LogP contribution in [-0.2, 0) is 20.8 Å². The molecule has 0 unspecified atom stereocenters. The number of aliphatic hydroxyl groups is 1. The number of urea groups is 1. The molecule has 194 valence electrons. The summed E-state index contributed by atoms with van der Waals surface area (Å²) in [6.07, 6.45) is -0.0750. The Morgan fingerprint density at radius 1 is 1.14 bits per heavy atom. The van der Waals surface area contributed by atoms with Gasteiger partial charge in [0, 0.05) is 22.8 Å². The Kier molecular flexibility index (Phi) is 9.03. The number of carbonyl (C=O) groups is 2. The normalized spacial score (nSPS) is 24.1. The van der Waals surface area contributed by atoms with Gasteiger partial charge in [0.05, 0.1) is 51.5 Å². The highest BCUT2D eigenvalue weighted by molar-refractivity contribution is 6.30. The van der Waals surface area contributed by atoms with Crippen molar-refractivity contribution in [3.05, 3.63) is 59.1 Å². The summed E-state index contributed by atoms with van der Waals surface area (Å²) in [4.78, 5) is 27.4. The number of rotatable bonds is 6. The maximum absolute atomic E-state index is 13.1. The molecule has 2 aromatic rings. The van der Waals surface area contributed by atoms with E-state index in [1.165, 1.54) is 0 Å². The summed E-state index contributed by atoms with van der Waals surface area (Å²) in [5.41, 5.74) is 1.50. The van der Waals surface area contributed by atoms with Crippen molar-refractivity contribution in [3.63, 3.8) is 0 Å². The standard InChI is InChI=1S/C26H32ClN3O6/c1-34-23-5-3-2-4-17(23)13-28-25(32)12-21-10-11-22-24(36-21)16-35-15-20(31)14-30(22)26(33)29-19-8-6-18(27)7-9-19/h2-9,20-22,24,31H,10-16H2,1H3,(H,28,32)(H,29,33)/t20-,21-,22+,24-/m1/s1. The summed E-state index contributed by atoms with van der Waals surface area (Å²) in [6.45, 7) is 0.808. The third-order valence-electron chi connectivity index (χ3n) is 6.42. The lowest BCUT2D eigenvalue weighted by atomic mass is 9.95. The second kappa shape index (κ2) is 12.4. The molecule has 9 nitrogen and oxygen atoms in total. The fourth-order valence-corrected chi connectivity index (χ4v) is 4.75. The first kappa shape index (κ1) is 26.2. The number of carbonyl (C=O) groups excluding carboxylic acids is 2. The van der Waals surface area contributed by atoms with E-state index in [4.69, 9.17) is 25.8 Å². The van der Waals surface area contributed by atoms with Crippen molar-refractivity contribution in [3.8, 4) is 5.75 Å². The Balaban J connectivity index is 1.35. The monoisotopic (exact) mass is 517 g/mol. The van der Waals surface area contributed by atoms with Crippen LogP contribution in [0.15, 0.2) is 48.5 Å². The lowest BCUT2D eigenvalue weighted by Crippen LogP contribution is -2.58. The second-order valence-corrected chi connectivity index (χ2v) is 9.45.